The SMILES string of the molecule is COCCOCC1CC(C(=O)Nc2cc(-c3cncc(NCC4CCOCC4)n3)c(Cl)cn2)CN1. The molecule has 3 N–H and O–H groups in total. The molecular formula is C24H33ClN6O4. The highest BCUT2D eigenvalue weighted by molar-refractivity contribution is 6.33. The fourth-order valence-corrected chi connectivity index (χ4v) is 4.43. The Morgan fingerprint density at radius 3 is 2.91 bits per heavy atom. The Labute approximate surface area is 210 Å². The number of carbonyl (C=O) groups excluding carboxylic acids is 1. The van der Waals surface area contributed by atoms with Gasteiger partial charge in [0.15, 0.2) is 0 Å². The largest absolute Gasteiger partial charge is 0.382 e. The summed E-state index contributed by atoms with van der Waals surface area (Å²) >= 11 is 6.43. The first-order chi connectivity index (χ1) is 17.1. The first-order valence-electron chi connectivity index (χ1n) is 12.0. The number of ether oxygens (including phenoxy) is 3. The molecule has 2 saturated heterocycles. The first kappa shape index (κ1) is 25.7. The van der Waals surface area contributed by atoms with Gasteiger partial charge in [0, 0.05) is 51.2 Å². The van der Waals surface area contributed by atoms with Crippen LogP contribution >= 0.6 is 11.6 Å². The van der Waals surface area contributed by atoms with Crippen LogP contribution in [0.1, 0.15) is 19.3 Å². The summed E-state index contributed by atoms with van der Waals surface area (Å²) < 4.78 is 16.0. The van der Waals surface area contributed by atoms with Crippen molar-refractivity contribution >= 4 is 29.1 Å². The standard InChI is InChI=1S/C24H33ClN6O4/c1-33-6-7-35-15-18-8-17(11-27-18)24(32)31-22-9-19(20(25)12-29-22)21-13-26-14-23(30-21)28-10-16-2-4-34-5-3-16/h9,12-14,16-18,27H,2-8,10-11,15H2,1H3,(H,28,30)(H,29,31,32). The van der Waals surface area contributed by atoms with Crippen LogP contribution in [-0.4, -0.2) is 80.1 Å². The molecule has 2 unspecified atom stereocenters. The van der Waals surface area contributed by atoms with E-state index in [0.717, 1.165) is 32.6 Å². The topological polar surface area (TPSA) is 120 Å². The van der Waals surface area contributed by atoms with Crippen molar-refractivity contribution in [1.82, 2.24) is 20.3 Å². The van der Waals surface area contributed by atoms with Crippen LogP contribution in [0.4, 0.5) is 11.6 Å². The van der Waals surface area contributed by atoms with Crippen molar-refractivity contribution in [3.8, 4) is 11.3 Å². The number of anilines is 2. The van der Waals surface area contributed by atoms with Gasteiger partial charge in [-0.3, -0.25) is 9.78 Å². The normalized spacial score (nSPS) is 20.6. The zero-order chi connectivity index (χ0) is 24.5. The van der Waals surface area contributed by atoms with Crippen molar-refractivity contribution in [2.24, 2.45) is 11.8 Å². The van der Waals surface area contributed by atoms with Crippen LogP contribution in [-0.2, 0) is 19.0 Å². The quantitative estimate of drug-likeness (QED) is 0.396. The summed E-state index contributed by atoms with van der Waals surface area (Å²) in [4.78, 5) is 26.1. The van der Waals surface area contributed by atoms with E-state index in [0.29, 0.717) is 66.6 Å². The van der Waals surface area contributed by atoms with E-state index in [-0.39, 0.29) is 17.9 Å². The molecule has 0 aromatic carbocycles. The van der Waals surface area contributed by atoms with Gasteiger partial charge in [-0.2, -0.15) is 0 Å². The highest BCUT2D eigenvalue weighted by Gasteiger charge is 2.30. The Morgan fingerprint density at radius 2 is 2.09 bits per heavy atom. The molecule has 2 fully saturated rings. The molecule has 2 aromatic heterocycles. The van der Waals surface area contributed by atoms with E-state index in [9.17, 15) is 4.79 Å². The molecule has 4 heterocycles. The molecule has 0 radical (unpaired) electrons. The van der Waals surface area contributed by atoms with Crippen molar-refractivity contribution in [2.45, 2.75) is 25.3 Å². The van der Waals surface area contributed by atoms with Gasteiger partial charge >= 0.3 is 0 Å². The van der Waals surface area contributed by atoms with E-state index >= 15 is 0 Å². The molecule has 2 aromatic rings. The molecule has 11 heteroatoms. The Hall–Kier alpha value is -2.37. The average molecular weight is 505 g/mol. The minimum Gasteiger partial charge on any atom is -0.382 e. The Morgan fingerprint density at radius 1 is 1.23 bits per heavy atom. The number of aromatic nitrogens is 3. The zero-order valence-corrected chi connectivity index (χ0v) is 20.7. The van der Waals surface area contributed by atoms with Crippen molar-refractivity contribution in [1.29, 1.82) is 0 Å². The first-order valence-corrected chi connectivity index (χ1v) is 12.4. The van der Waals surface area contributed by atoms with Crippen LogP contribution in [0.25, 0.3) is 11.3 Å². The lowest BCUT2D eigenvalue weighted by molar-refractivity contribution is -0.119. The summed E-state index contributed by atoms with van der Waals surface area (Å²) in [6.45, 7) is 4.67. The van der Waals surface area contributed by atoms with E-state index in [1.54, 1.807) is 25.6 Å². The maximum atomic E-state index is 12.8. The lowest BCUT2D eigenvalue weighted by atomic mass is 10.0. The summed E-state index contributed by atoms with van der Waals surface area (Å²) in [5.41, 5.74) is 1.27. The summed E-state index contributed by atoms with van der Waals surface area (Å²) in [5.74, 6) is 1.42. The summed E-state index contributed by atoms with van der Waals surface area (Å²) in [6, 6.07) is 1.88. The van der Waals surface area contributed by atoms with Gasteiger partial charge < -0.3 is 30.2 Å². The van der Waals surface area contributed by atoms with Gasteiger partial charge in [0.1, 0.15) is 11.6 Å². The third-order valence-corrected chi connectivity index (χ3v) is 6.57. The second-order valence-electron chi connectivity index (χ2n) is 8.87. The number of carbonyl (C=O) groups is 1. The molecule has 2 aliphatic rings. The Bertz CT molecular complexity index is 975. The van der Waals surface area contributed by atoms with Gasteiger partial charge in [0.05, 0.1) is 48.8 Å². The van der Waals surface area contributed by atoms with Gasteiger partial charge in [0.2, 0.25) is 5.91 Å². The number of rotatable bonds is 11. The fraction of sp³-hybridized carbons (Fsp3) is 0.583. The molecule has 35 heavy (non-hydrogen) atoms. The molecule has 10 nitrogen and oxygen atoms in total. The third kappa shape index (κ3) is 7.55. The zero-order valence-electron chi connectivity index (χ0n) is 20.0. The number of amides is 1. The number of methoxy groups -OCH3 is 1. The van der Waals surface area contributed by atoms with Crippen molar-refractivity contribution in [3.63, 3.8) is 0 Å². The van der Waals surface area contributed by atoms with E-state index in [1.807, 2.05) is 0 Å². The summed E-state index contributed by atoms with van der Waals surface area (Å²) in [6.07, 6.45) is 7.65. The number of nitrogens with one attached hydrogen (secondary N) is 3. The third-order valence-electron chi connectivity index (χ3n) is 6.27. The van der Waals surface area contributed by atoms with Crippen molar-refractivity contribution < 1.29 is 19.0 Å². The molecule has 0 spiro atoms. The molecule has 0 bridgehead atoms. The van der Waals surface area contributed by atoms with E-state index in [2.05, 4.69) is 30.9 Å². The average Bonchev–Trinajstić information content (AvgIpc) is 3.37. The van der Waals surface area contributed by atoms with Crippen molar-refractivity contribution in [3.05, 3.63) is 29.7 Å². The van der Waals surface area contributed by atoms with Crippen molar-refractivity contribution in [2.75, 3.05) is 63.9 Å². The van der Waals surface area contributed by atoms with Gasteiger partial charge in [0.25, 0.3) is 0 Å². The fourth-order valence-electron chi connectivity index (χ4n) is 4.23. The van der Waals surface area contributed by atoms with Gasteiger partial charge in [-0.1, -0.05) is 11.6 Å². The second-order valence-corrected chi connectivity index (χ2v) is 9.28. The Kier molecular flexibility index (Phi) is 9.61. The lowest BCUT2D eigenvalue weighted by Crippen LogP contribution is -2.27. The maximum Gasteiger partial charge on any atom is 0.229 e. The molecule has 190 valence electrons. The van der Waals surface area contributed by atoms with E-state index in [1.165, 1.54) is 6.20 Å². The van der Waals surface area contributed by atoms with Gasteiger partial charge in [-0.25, -0.2) is 9.97 Å². The number of halogens is 1. The number of nitrogens with zero attached hydrogens (tertiary/aromatic N) is 3. The molecule has 0 saturated carbocycles. The van der Waals surface area contributed by atoms with Crippen LogP contribution in [0, 0.1) is 11.8 Å². The number of hydrogen-bond donors (Lipinski definition) is 3. The highest BCUT2D eigenvalue weighted by Crippen LogP contribution is 2.29. The smallest absolute Gasteiger partial charge is 0.229 e. The molecule has 2 atom stereocenters. The number of pyridine rings is 1. The van der Waals surface area contributed by atoms with Crippen LogP contribution < -0.4 is 16.0 Å². The van der Waals surface area contributed by atoms with E-state index in [4.69, 9.17) is 25.8 Å². The minimum absolute atomic E-state index is 0.0874. The van der Waals surface area contributed by atoms with Gasteiger partial charge in [-0.15, -0.1) is 0 Å². The van der Waals surface area contributed by atoms with Crippen LogP contribution in [0.5, 0.6) is 0 Å². The predicted molar refractivity (Wildman–Crippen MR) is 134 cm³/mol. The van der Waals surface area contributed by atoms with E-state index < -0.39 is 0 Å². The molecule has 1 amide bonds. The molecular weight excluding hydrogens is 472 g/mol. The highest BCUT2D eigenvalue weighted by atomic mass is 35.5. The lowest BCUT2D eigenvalue weighted by Gasteiger charge is -2.22. The van der Waals surface area contributed by atoms with Crippen LogP contribution in [0.2, 0.25) is 5.02 Å². The molecule has 4 rings (SSSR count). The summed E-state index contributed by atoms with van der Waals surface area (Å²) in [5, 5.41) is 10.1. The molecule has 2 aliphatic heterocycles. The minimum atomic E-state index is -0.163. The Balaban J connectivity index is 1.34. The maximum absolute atomic E-state index is 12.8. The predicted octanol–water partition coefficient (Wildman–Crippen LogP) is 2.61. The second kappa shape index (κ2) is 13.1. The van der Waals surface area contributed by atoms with Gasteiger partial charge in [-0.05, 0) is 31.2 Å². The summed E-state index contributed by atoms with van der Waals surface area (Å²) in [7, 11) is 1.64. The van der Waals surface area contributed by atoms with Crippen LogP contribution in [0.15, 0.2) is 24.7 Å². The van der Waals surface area contributed by atoms with Crippen LogP contribution in [0.3, 0.4) is 0 Å². The number of hydrogen-bond acceptors (Lipinski definition) is 9. The monoisotopic (exact) mass is 504 g/mol. The molecule has 0 aliphatic carbocycles.